The monoisotopic (exact) mass is 194 g/mol. The van der Waals surface area contributed by atoms with Crippen LogP contribution in [0.15, 0.2) is 0 Å². The molecule has 4 heteroatoms. The standard InChI is InChI=1S/C10H19BN2O/c1-13(2)7-8-14-10-3-5-11(9-12)6-4-10/h10H,3-8H2,1-2H3. The van der Waals surface area contributed by atoms with Crippen LogP contribution in [0.3, 0.4) is 0 Å². The number of hydrogen-bond donors (Lipinski definition) is 0. The van der Waals surface area contributed by atoms with E-state index in [2.05, 4.69) is 25.0 Å². The van der Waals surface area contributed by atoms with Gasteiger partial charge in [0, 0.05) is 12.5 Å². The van der Waals surface area contributed by atoms with E-state index >= 15 is 0 Å². The summed E-state index contributed by atoms with van der Waals surface area (Å²) in [5, 5.41) is 8.73. The first-order valence-corrected chi connectivity index (χ1v) is 5.38. The average molecular weight is 194 g/mol. The van der Waals surface area contributed by atoms with Gasteiger partial charge in [-0.3, -0.25) is 0 Å². The van der Waals surface area contributed by atoms with Crippen LogP contribution in [0, 0.1) is 11.2 Å². The second-order valence-electron chi connectivity index (χ2n) is 4.28. The van der Waals surface area contributed by atoms with Gasteiger partial charge in [-0.05, 0) is 26.9 Å². The van der Waals surface area contributed by atoms with Gasteiger partial charge in [0.1, 0.15) is 0 Å². The highest BCUT2D eigenvalue weighted by Gasteiger charge is 2.24. The maximum Gasteiger partial charge on any atom is 0.268 e. The Bertz CT molecular complexity index is 195. The highest BCUT2D eigenvalue weighted by atomic mass is 16.5. The van der Waals surface area contributed by atoms with Crippen molar-refractivity contribution in [2.75, 3.05) is 27.2 Å². The number of likely N-dealkylation sites (N-methyl/N-ethyl adjacent to an activating group) is 1. The molecule has 14 heavy (non-hydrogen) atoms. The summed E-state index contributed by atoms with van der Waals surface area (Å²) in [6.07, 6.45) is 4.56. The van der Waals surface area contributed by atoms with E-state index in [1.807, 2.05) is 0 Å². The maximum absolute atomic E-state index is 8.73. The lowest BCUT2D eigenvalue weighted by molar-refractivity contribution is 0.0370. The fraction of sp³-hybridized carbons (Fsp3) is 0.900. The zero-order valence-corrected chi connectivity index (χ0v) is 9.20. The molecule has 0 aromatic rings. The lowest BCUT2D eigenvalue weighted by atomic mass is 9.42. The van der Waals surface area contributed by atoms with Gasteiger partial charge in [-0.15, -0.1) is 0 Å². The minimum atomic E-state index is 0.281. The summed E-state index contributed by atoms with van der Waals surface area (Å²) in [7, 11) is 4.10. The van der Waals surface area contributed by atoms with Crippen LogP contribution in [0.5, 0.6) is 0 Å². The third-order valence-corrected chi connectivity index (χ3v) is 2.75. The molecule has 1 heterocycles. The van der Waals surface area contributed by atoms with Crippen LogP contribution in [-0.4, -0.2) is 45.0 Å². The van der Waals surface area contributed by atoms with E-state index in [4.69, 9.17) is 10.00 Å². The van der Waals surface area contributed by atoms with Gasteiger partial charge in [0.2, 0.25) is 0 Å². The van der Waals surface area contributed by atoms with Crippen molar-refractivity contribution in [3.63, 3.8) is 0 Å². The Hall–Kier alpha value is -0.525. The molecule has 78 valence electrons. The van der Waals surface area contributed by atoms with Gasteiger partial charge < -0.3 is 9.64 Å². The number of hydrogen-bond acceptors (Lipinski definition) is 3. The molecule has 0 N–H and O–H groups in total. The van der Waals surface area contributed by atoms with Crippen LogP contribution in [-0.2, 0) is 4.74 Å². The molecule has 1 aliphatic rings. The molecule has 1 aliphatic heterocycles. The average Bonchev–Trinajstić information content (AvgIpc) is 2.18. The number of rotatable bonds is 4. The van der Waals surface area contributed by atoms with Gasteiger partial charge in [0.15, 0.2) is 0 Å². The van der Waals surface area contributed by atoms with Crippen molar-refractivity contribution in [1.29, 1.82) is 5.26 Å². The Morgan fingerprint density at radius 2 is 2.07 bits per heavy atom. The number of nitrogens with zero attached hydrogens (tertiary/aromatic N) is 2. The number of ether oxygens (including phenoxy) is 1. The molecule has 0 aliphatic carbocycles. The highest BCUT2D eigenvalue weighted by Crippen LogP contribution is 2.21. The van der Waals surface area contributed by atoms with E-state index < -0.39 is 0 Å². The topological polar surface area (TPSA) is 36.3 Å². The van der Waals surface area contributed by atoms with Gasteiger partial charge in [-0.2, -0.15) is 0 Å². The molecular formula is C10H19BN2O. The minimum absolute atomic E-state index is 0.281. The molecular weight excluding hydrogens is 175 g/mol. The zero-order chi connectivity index (χ0) is 10.4. The van der Waals surface area contributed by atoms with Crippen molar-refractivity contribution in [2.45, 2.75) is 31.6 Å². The largest absolute Gasteiger partial charge is 0.377 e. The van der Waals surface area contributed by atoms with Crippen LogP contribution in [0.25, 0.3) is 0 Å². The highest BCUT2D eigenvalue weighted by molar-refractivity contribution is 6.67. The predicted molar refractivity (Wildman–Crippen MR) is 58.5 cm³/mol. The summed E-state index contributed by atoms with van der Waals surface area (Å²) in [5.74, 6) is 2.33. The Morgan fingerprint density at radius 3 is 2.57 bits per heavy atom. The summed E-state index contributed by atoms with van der Waals surface area (Å²) < 4.78 is 5.74. The molecule has 0 aromatic carbocycles. The SMILES string of the molecule is CN(C)CCOC1CCB(C#N)CC1. The van der Waals surface area contributed by atoms with Crippen molar-refractivity contribution in [1.82, 2.24) is 4.90 Å². The minimum Gasteiger partial charge on any atom is -0.377 e. The van der Waals surface area contributed by atoms with Crippen LogP contribution >= 0.6 is 0 Å². The van der Waals surface area contributed by atoms with Gasteiger partial charge >= 0.3 is 0 Å². The fourth-order valence-corrected chi connectivity index (χ4v) is 1.76. The van der Waals surface area contributed by atoms with Crippen molar-refractivity contribution >= 4 is 6.71 Å². The molecule has 1 rings (SSSR count). The van der Waals surface area contributed by atoms with E-state index in [1.54, 1.807) is 0 Å². The first kappa shape index (κ1) is 11.5. The molecule has 0 radical (unpaired) electrons. The lowest BCUT2D eigenvalue weighted by Gasteiger charge is -2.24. The molecule has 0 atom stereocenters. The van der Waals surface area contributed by atoms with Crippen LogP contribution < -0.4 is 0 Å². The van der Waals surface area contributed by atoms with Crippen LogP contribution in [0.1, 0.15) is 12.8 Å². The quantitative estimate of drug-likeness (QED) is 0.632. The smallest absolute Gasteiger partial charge is 0.268 e. The summed E-state index contributed by atoms with van der Waals surface area (Å²) in [6.45, 7) is 2.08. The van der Waals surface area contributed by atoms with Gasteiger partial charge in [-0.1, -0.05) is 12.6 Å². The van der Waals surface area contributed by atoms with Crippen LogP contribution in [0.2, 0.25) is 12.6 Å². The van der Waals surface area contributed by atoms with E-state index in [9.17, 15) is 0 Å². The van der Waals surface area contributed by atoms with Gasteiger partial charge in [0.25, 0.3) is 6.71 Å². The molecule has 0 amide bonds. The fourth-order valence-electron chi connectivity index (χ4n) is 1.76. The Kier molecular flexibility index (Phi) is 4.99. The molecule has 0 bridgehead atoms. The Morgan fingerprint density at radius 1 is 1.43 bits per heavy atom. The second kappa shape index (κ2) is 6.05. The van der Waals surface area contributed by atoms with E-state index in [0.717, 1.165) is 38.6 Å². The third-order valence-electron chi connectivity index (χ3n) is 2.75. The molecule has 0 spiro atoms. The molecule has 0 saturated carbocycles. The van der Waals surface area contributed by atoms with Crippen LogP contribution in [0.4, 0.5) is 0 Å². The molecule has 0 unspecified atom stereocenters. The number of nitriles is 1. The van der Waals surface area contributed by atoms with Crippen molar-refractivity contribution in [2.24, 2.45) is 0 Å². The van der Waals surface area contributed by atoms with Crippen molar-refractivity contribution in [3.8, 4) is 5.97 Å². The molecule has 1 saturated heterocycles. The molecule has 3 nitrogen and oxygen atoms in total. The predicted octanol–water partition coefficient (Wildman–Crippen LogP) is 1.28. The molecule has 1 fully saturated rings. The van der Waals surface area contributed by atoms with Gasteiger partial charge in [-0.25, -0.2) is 5.26 Å². The zero-order valence-electron chi connectivity index (χ0n) is 9.20. The second-order valence-corrected chi connectivity index (χ2v) is 4.28. The first-order valence-electron chi connectivity index (χ1n) is 5.38. The third kappa shape index (κ3) is 4.12. The van der Waals surface area contributed by atoms with E-state index in [-0.39, 0.29) is 6.71 Å². The summed E-state index contributed by atoms with van der Waals surface area (Å²) in [5.41, 5.74) is 0. The van der Waals surface area contributed by atoms with E-state index in [1.165, 1.54) is 0 Å². The summed E-state index contributed by atoms with van der Waals surface area (Å²) in [6, 6.07) is 0. The summed E-state index contributed by atoms with van der Waals surface area (Å²) >= 11 is 0. The molecule has 0 aromatic heterocycles. The van der Waals surface area contributed by atoms with Crippen molar-refractivity contribution < 1.29 is 4.74 Å². The van der Waals surface area contributed by atoms with Gasteiger partial charge in [0.05, 0.1) is 12.7 Å². The summed E-state index contributed by atoms with van der Waals surface area (Å²) in [4.78, 5) is 2.13. The lowest BCUT2D eigenvalue weighted by Crippen LogP contribution is -2.28. The maximum atomic E-state index is 8.73. The van der Waals surface area contributed by atoms with E-state index in [0.29, 0.717) is 6.10 Å². The first-order chi connectivity index (χ1) is 6.72. The normalized spacial score (nSPS) is 18.6. The Labute approximate surface area is 87.1 Å². The Balaban J connectivity index is 2.08. The van der Waals surface area contributed by atoms with Crippen molar-refractivity contribution in [3.05, 3.63) is 0 Å².